The minimum absolute atomic E-state index is 0.101. The summed E-state index contributed by atoms with van der Waals surface area (Å²) in [6.07, 6.45) is 5.81. The molecule has 4 nitrogen and oxygen atoms in total. The quantitative estimate of drug-likeness (QED) is 0.754. The van der Waals surface area contributed by atoms with Crippen molar-refractivity contribution in [2.24, 2.45) is 0 Å². The second-order valence-corrected chi connectivity index (χ2v) is 7.86. The first-order valence-electron chi connectivity index (χ1n) is 10.8. The molecule has 0 saturated heterocycles. The normalized spacial score (nSPS) is 19.9. The summed E-state index contributed by atoms with van der Waals surface area (Å²) in [6.45, 7) is 6.36. The van der Waals surface area contributed by atoms with Crippen molar-refractivity contribution in [3.63, 3.8) is 0 Å². The van der Waals surface area contributed by atoms with Gasteiger partial charge in [-0.25, -0.2) is 0 Å². The molecule has 148 valence electrons. The third-order valence-electron chi connectivity index (χ3n) is 6.27. The Bertz CT molecular complexity index is 807. The zero-order valence-corrected chi connectivity index (χ0v) is 17.0. The van der Waals surface area contributed by atoms with Crippen LogP contribution in [0.4, 0.5) is 11.4 Å². The van der Waals surface area contributed by atoms with Crippen LogP contribution in [0.5, 0.6) is 0 Å². The van der Waals surface area contributed by atoms with Gasteiger partial charge in [0.05, 0.1) is 5.56 Å². The highest BCUT2D eigenvalue weighted by atomic mass is 16.2. The summed E-state index contributed by atoms with van der Waals surface area (Å²) in [4.78, 5) is 17.9. The van der Waals surface area contributed by atoms with Crippen molar-refractivity contribution in [1.82, 2.24) is 4.90 Å². The highest BCUT2D eigenvalue weighted by molar-refractivity contribution is 6.01. The molecule has 2 aliphatic rings. The van der Waals surface area contributed by atoms with E-state index in [-0.39, 0.29) is 12.1 Å². The minimum atomic E-state index is -0.101. The third kappa shape index (κ3) is 3.48. The number of carbonyl (C=O) groups is 1. The lowest BCUT2D eigenvalue weighted by molar-refractivity contribution is 0.0524. The van der Waals surface area contributed by atoms with Gasteiger partial charge < -0.3 is 15.1 Å². The Morgan fingerprint density at radius 1 is 0.964 bits per heavy atom. The van der Waals surface area contributed by atoms with E-state index in [0.29, 0.717) is 6.04 Å². The predicted octanol–water partition coefficient (Wildman–Crippen LogP) is 5.43. The molecule has 1 amide bonds. The molecule has 4 rings (SSSR count). The molecule has 1 aliphatic carbocycles. The lowest BCUT2D eigenvalue weighted by atomic mass is 9.91. The fourth-order valence-corrected chi connectivity index (χ4v) is 4.70. The Hall–Kier alpha value is -2.49. The lowest BCUT2D eigenvalue weighted by Crippen LogP contribution is -2.49. The average Bonchev–Trinajstić information content (AvgIpc) is 2.76. The number of hydrogen-bond acceptors (Lipinski definition) is 3. The van der Waals surface area contributed by atoms with Gasteiger partial charge in [0.1, 0.15) is 6.17 Å². The summed E-state index contributed by atoms with van der Waals surface area (Å²) in [7, 11) is 0. The van der Waals surface area contributed by atoms with Crippen LogP contribution in [0, 0.1) is 0 Å². The Morgan fingerprint density at radius 2 is 1.64 bits per heavy atom. The van der Waals surface area contributed by atoms with E-state index in [0.717, 1.165) is 42.7 Å². The number of rotatable bonds is 5. The number of hydrogen-bond donors (Lipinski definition) is 1. The maximum absolute atomic E-state index is 13.4. The largest absolute Gasteiger partial charge is 0.372 e. The molecule has 1 unspecified atom stereocenters. The maximum atomic E-state index is 13.4. The van der Waals surface area contributed by atoms with Gasteiger partial charge in [-0.3, -0.25) is 4.79 Å². The first kappa shape index (κ1) is 18.9. The molecule has 1 heterocycles. The Labute approximate surface area is 168 Å². The van der Waals surface area contributed by atoms with E-state index in [1.807, 2.05) is 24.3 Å². The molecule has 1 saturated carbocycles. The van der Waals surface area contributed by atoms with E-state index < -0.39 is 0 Å². The topological polar surface area (TPSA) is 35.6 Å². The van der Waals surface area contributed by atoms with E-state index >= 15 is 0 Å². The molecule has 1 atom stereocenters. The molecule has 4 heteroatoms. The smallest absolute Gasteiger partial charge is 0.258 e. The number of benzene rings is 2. The second-order valence-electron chi connectivity index (χ2n) is 7.86. The highest BCUT2D eigenvalue weighted by Crippen LogP contribution is 2.38. The monoisotopic (exact) mass is 377 g/mol. The first-order valence-corrected chi connectivity index (χ1v) is 10.8. The van der Waals surface area contributed by atoms with Gasteiger partial charge in [0.25, 0.3) is 5.91 Å². The first-order chi connectivity index (χ1) is 13.7. The molecule has 28 heavy (non-hydrogen) atoms. The fraction of sp³-hybridized carbons (Fsp3) is 0.458. The van der Waals surface area contributed by atoms with Gasteiger partial charge in [0.15, 0.2) is 0 Å². The molecule has 1 aliphatic heterocycles. The Morgan fingerprint density at radius 3 is 2.32 bits per heavy atom. The van der Waals surface area contributed by atoms with Gasteiger partial charge >= 0.3 is 0 Å². The van der Waals surface area contributed by atoms with Crippen molar-refractivity contribution in [2.45, 2.75) is 58.2 Å². The van der Waals surface area contributed by atoms with Crippen molar-refractivity contribution < 1.29 is 4.79 Å². The zero-order chi connectivity index (χ0) is 19.5. The van der Waals surface area contributed by atoms with Gasteiger partial charge in [-0.2, -0.15) is 0 Å². The van der Waals surface area contributed by atoms with E-state index in [1.54, 1.807) is 0 Å². The van der Waals surface area contributed by atoms with Gasteiger partial charge in [0, 0.05) is 30.5 Å². The summed E-state index contributed by atoms with van der Waals surface area (Å²) in [5, 5.41) is 3.66. The molecular weight excluding hydrogens is 346 g/mol. The molecule has 2 aromatic rings. The molecule has 1 N–H and O–H groups in total. The summed E-state index contributed by atoms with van der Waals surface area (Å²) in [6, 6.07) is 17.0. The molecule has 2 aromatic carbocycles. The summed E-state index contributed by atoms with van der Waals surface area (Å²) < 4.78 is 0. The molecule has 0 radical (unpaired) electrons. The summed E-state index contributed by atoms with van der Waals surface area (Å²) in [5.74, 6) is 0.166. The van der Waals surface area contributed by atoms with Crippen LogP contribution in [0.15, 0.2) is 48.5 Å². The predicted molar refractivity (Wildman–Crippen MR) is 116 cm³/mol. The van der Waals surface area contributed by atoms with Crippen LogP contribution in [0.2, 0.25) is 0 Å². The molecule has 0 spiro atoms. The van der Waals surface area contributed by atoms with Crippen molar-refractivity contribution in [3.05, 3.63) is 59.7 Å². The molecular formula is C24H31N3O. The summed E-state index contributed by atoms with van der Waals surface area (Å²) >= 11 is 0. The van der Waals surface area contributed by atoms with Crippen molar-refractivity contribution in [2.75, 3.05) is 23.3 Å². The van der Waals surface area contributed by atoms with Crippen molar-refractivity contribution in [3.8, 4) is 0 Å². The maximum Gasteiger partial charge on any atom is 0.258 e. The van der Waals surface area contributed by atoms with Crippen LogP contribution in [0.3, 0.4) is 0 Å². The van der Waals surface area contributed by atoms with Gasteiger partial charge in [0.2, 0.25) is 0 Å². The van der Waals surface area contributed by atoms with E-state index in [9.17, 15) is 4.79 Å². The van der Waals surface area contributed by atoms with Gasteiger partial charge in [-0.15, -0.1) is 0 Å². The number of nitrogens with zero attached hydrogens (tertiary/aromatic N) is 2. The van der Waals surface area contributed by atoms with Crippen LogP contribution in [0.1, 0.15) is 68.0 Å². The number of amides is 1. The summed E-state index contributed by atoms with van der Waals surface area (Å²) in [5.41, 5.74) is 4.13. The molecule has 1 fully saturated rings. The molecule has 0 aromatic heterocycles. The second kappa shape index (κ2) is 8.26. The lowest BCUT2D eigenvalue weighted by Gasteiger charge is -2.44. The van der Waals surface area contributed by atoms with E-state index in [2.05, 4.69) is 53.2 Å². The van der Waals surface area contributed by atoms with Crippen LogP contribution < -0.4 is 10.2 Å². The molecule has 0 bridgehead atoms. The van der Waals surface area contributed by atoms with Gasteiger partial charge in [-0.05, 0) is 56.5 Å². The zero-order valence-electron chi connectivity index (χ0n) is 17.0. The minimum Gasteiger partial charge on any atom is -0.372 e. The Kier molecular flexibility index (Phi) is 5.56. The van der Waals surface area contributed by atoms with Crippen LogP contribution in [0.25, 0.3) is 0 Å². The van der Waals surface area contributed by atoms with Crippen LogP contribution in [-0.2, 0) is 0 Å². The van der Waals surface area contributed by atoms with Crippen molar-refractivity contribution in [1.29, 1.82) is 0 Å². The van der Waals surface area contributed by atoms with Gasteiger partial charge in [-0.1, -0.05) is 43.5 Å². The standard InChI is InChI=1S/C24H31N3O/c1-3-26(4-2)19-16-14-18(15-17-19)23-25-22-13-9-8-12-21(22)24(28)27(23)20-10-6-5-7-11-20/h8-9,12-17,20,23,25H,3-7,10-11H2,1-2H3. The number of para-hydroxylation sites is 1. The van der Waals surface area contributed by atoms with Crippen molar-refractivity contribution >= 4 is 17.3 Å². The van der Waals surface area contributed by atoms with Crippen LogP contribution in [-0.4, -0.2) is 29.9 Å². The van der Waals surface area contributed by atoms with E-state index in [4.69, 9.17) is 0 Å². The SMILES string of the molecule is CCN(CC)c1ccc(C2Nc3ccccc3C(=O)N2C2CCCCC2)cc1. The number of anilines is 2. The highest BCUT2D eigenvalue weighted by Gasteiger charge is 2.37. The average molecular weight is 378 g/mol. The fourth-order valence-electron chi connectivity index (χ4n) is 4.70. The number of fused-ring (bicyclic) bond motifs is 1. The number of carbonyl (C=O) groups excluding carboxylic acids is 1. The Balaban J connectivity index is 1.69. The van der Waals surface area contributed by atoms with Crippen LogP contribution >= 0.6 is 0 Å². The van der Waals surface area contributed by atoms with E-state index in [1.165, 1.54) is 24.9 Å². The third-order valence-corrected chi connectivity index (χ3v) is 6.27. The number of nitrogens with one attached hydrogen (secondary N) is 1.